The van der Waals surface area contributed by atoms with Gasteiger partial charge in [0.1, 0.15) is 5.76 Å². The van der Waals surface area contributed by atoms with E-state index in [1.54, 1.807) is 17.9 Å². The second kappa shape index (κ2) is 7.79. The second-order valence-electron chi connectivity index (χ2n) is 6.20. The minimum Gasteiger partial charge on any atom is -0.361 e. The molecule has 0 bridgehead atoms. The minimum atomic E-state index is -0.0853. The summed E-state index contributed by atoms with van der Waals surface area (Å²) in [5.41, 5.74) is 1.47. The van der Waals surface area contributed by atoms with Crippen LogP contribution in [0.25, 0.3) is 0 Å². The summed E-state index contributed by atoms with van der Waals surface area (Å²) >= 11 is 1.46. The van der Waals surface area contributed by atoms with Crippen LogP contribution >= 0.6 is 11.3 Å². The topological polar surface area (TPSA) is 78.7 Å². The van der Waals surface area contributed by atoms with Gasteiger partial charge in [0.05, 0.1) is 4.88 Å². The van der Waals surface area contributed by atoms with Gasteiger partial charge in [-0.25, -0.2) is 0 Å². The lowest BCUT2D eigenvalue weighted by atomic mass is 10.2. The van der Waals surface area contributed by atoms with Crippen LogP contribution in [0.4, 0.5) is 0 Å². The van der Waals surface area contributed by atoms with Crippen molar-refractivity contribution in [2.75, 3.05) is 39.3 Å². The molecule has 0 saturated carbocycles. The van der Waals surface area contributed by atoms with Crippen molar-refractivity contribution in [1.29, 1.82) is 0 Å². The predicted molar refractivity (Wildman–Crippen MR) is 95.0 cm³/mol. The summed E-state index contributed by atoms with van der Waals surface area (Å²) in [4.78, 5) is 29.1. The van der Waals surface area contributed by atoms with Gasteiger partial charge in [0.2, 0.25) is 0 Å². The number of nitrogens with one attached hydrogen (secondary N) is 1. The molecule has 2 aromatic heterocycles. The molecule has 0 spiro atoms. The number of aryl methyl sites for hydroxylation is 2. The molecule has 2 amide bonds. The number of piperazine rings is 1. The van der Waals surface area contributed by atoms with Gasteiger partial charge in [-0.2, -0.15) is 0 Å². The Labute approximate surface area is 150 Å². The molecule has 134 valence electrons. The number of hydrogen-bond acceptors (Lipinski definition) is 6. The van der Waals surface area contributed by atoms with Crippen LogP contribution < -0.4 is 5.32 Å². The van der Waals surface area contributed by atoms with Crippen molar-refractivity contribution in [3.05, 3.63) is 39.4 Å². The van der Waals surface area contributed by atoms with Crippen LogP contribution in [-0.2, 0) is 0 Å². The van der Waals surface area contributed by atoms with Crippen molar-refractivity contribution in [2.45, 2.75) is 13.8 Å². The Bertz CT molecular complexity index is 744. The van der Waals surface area contributed by atoms with Crippen molar-refractivity contribution < 1.29 is 14.1 Å². The highest BCUT2D eigenvalue weighted by Gasteiger charge is 2.24. The van der Waals surface area contributed by atoms with E-state index in [2.05, 4.69) is 15.4 Å². The van der Waals surface area contributed by atoms with E-state index in [0.29, 0.717) is 31.1 Å². The maximum atomic E-state index is 12.3. The molecule has 1 N–H and O–H groups in total. The van der Waals surface area contributed by atoms with E-state index in [4.69, 9.17) is 4.52 Å². The Morgan fingerprint density at radius 1 is 1.24 bits per heavy atom. The highest BCUT2D eigenvalue weighted by Crippen LogP contribution is 2.13. The number of carbonyl (C=O) groups excluding carboxylic acids is 2. The minimum absolute atomic E-state index is 0.0201. The molecule has 2 aromatic rings. The highest BCUT2D eigenvalue weighted by molar-refractivity contribution is 7.12. The van der Waals surface area contributed by atoms with E-state index in [1.165, 1.54) is 11.3 Å². The van der Waals surface area contributed by atoms with Crippen LogP contribution in [0, 0.1) is 13.8 Å². The summed E-state index contributed by atoms with van der Waals surface area (Å²) in [6.45, 7) is 8.02. The van der Waals surface area contributed by atoms with E-state index < -0.39 is 0 Å². The third-order valence-corrected chi connectivity index (χ3v) is 5.22. The van der Waals surface area contributed by atoms with Gasteiger partial charge in [-0.15, -0.1) is 11.3 Å². The number of aromatic nitrogens is 1. The zero-order valence-corrected chi connectivity index (χ0v) is 15.3. The van der Waals surface area contributed by atoms with Crippen molar-refractivity contribution in [1.82, 2.24) is 20.3 Å². The van der Waals surface area contributed by atoms with Crippen molar-refractivity contribution in [3.63, 3.8) is 0 Å². The Kier molecular flexibility index (Phi) is 5.50. The average molecular weight is 362 g/mol. The average Bonchev–Trinajstić information content (AvgIpc) is 3.23. The van der Waals surface area contributed by atoms with Crippen LogP contribution in [0.15, 0.2) is 22.0 Å². The van der Waals surface area contributed by atoms with Crippen LogP contribution in [-0.4, -0.2) is 66.0 Å². The first-order valence-electron chi connectivity index (χ1n) is 8.31. The highest BCUT2D eigenvalue weighted by atomic mass is 32.1. The number of nitrogens with zero attached hydrogens (tertiary/aromatic N) is 3. The molecule has 1 aliphatic heterocycles. The first kappa shape index (κ1) is 17.6. The fourth-order valence-corrected chi connectivity index (χ4v) is 3.58. The SMILES string of the molecule is Cc1csc(C(=O)NCCN2CCN(C(=O)c3cc(C)on3)CC2)c1. The maximum absolute atomic E-state index is 12.3. The molecule has 1 saturated heterocycles. The number of hydrogen-bond donors (Lipinski definition) is 1. The van der Waals surface area contributed by atoms with E-state index in [9.17, 15) is 9.59 Å². The smallest absolute Gasteiger partial charge is 0.276 e. The van der Waals surface area contributed by atoms with E-state index in [0.717, 1.165) is 30.1 Å². The Balaban J connectivity index is 1.39. The van der Waals surface area contributed by atoms with Gasteiger partial charge in [0, 0.05) is 45.3 Å². The lowest BCUT2D eigenvalue weighted by molar-refractivity contribution is 0.0628. The maximum Gasteiger partial charge on any atom is 0.276 e. The molecule has 0 atom stereocenters. The lowest BCUT2D eigenvalue weighted by Crippen LogP contribution is -2.50. The molecule has 8 heteroatoms. The van der Waals surface area contributed by atoms with Gasteiger partial charge in [-0.3, -0.25) is 14.5 Å². The van der Waals surface area contributed by atoms with E-state index in [-0.39, 0.29) is 11.8 Å². The summed E-state index contributed by atoms with van der Waals surface area (Å²) in [5.74, 6) is 0.532. The first-order valence-corrected chi connectivity index (χ1v) is 9.19. The summed E-state index contributed by atoms with van der Waals surface area (Å²) in [6, 6.07) is 3.56. The van der Waals surface area contributed by atoms with Crippen LogP contribution in [0.2, 0.25) is 0 Å². The normalized spacial score (nSPS) is 15.4. The Morgan fingerprint density at radius 3 is 2.60 bits per heavy atom. The molecule has 1 fully saturated rings. The summed E-state index contributed by atoms with van der Waals surface area (Å²) in [7, 11) is 0. The molecule has 0 unspecified atom stereocenters. The second-order valence-corrected chi connectivity index (χ2v) is 7.11. The van der Waals surface area contributed by atoms with Crippen LogP contribution in [0.1, 0.15) is 31.5 Å². The molecular formula is C17H22N4O3S. The van der Waals surface area contributed by atoms with Crippen molar-refractivity contribution in [3.8, 4) is 0 Å². The van der Waals surface area contributed by atoms with E-state index in [1.807, 2.05) is 18.4 Å². The molecule has 3 heterocycles. The molecular weight excluding hydrogens is 340 g/mol. The quantitative estimate of drug-likeness (QED) is 0.873. The zero-order chi connectivity index (χ0) is 17.8. The fourth-order valence-electron chi connectivity index (χ4n) is 2.77. The van der Waals surface area contributed by atoms with Gasteiger partial charge < -0.3 is 14.7 Å². The Hall–Kier alpha value is -2.19. The number of thiophene rings is 1. The molecule has 1 aliphatic rings. The van der Waals surface area contributed by atoms with Crippen molar-refractivity contribution in [2.24, 2.45) is 0 Å². The largest absolute Gasteiger partial charge is 0.361 e. The van der Waals surface area contributed by atoms with Crippen LogP contribution in [0.3, 0.4) is 0 Å². The molecule has 0 radical (unpaired) electrons. The first-order chi connectivity index (χ1) is 12.0. The number of carbonyl (C=O) groups is 2. The predicted octanol–water partition coefficient (Wildman–Crippen LogP) is 1.54. The molecule has 0 aromatic carbocycles. The molecule has 0 aliphatic carbocycles. The number of rotatable bonds is 5. The lowest BCUT2D eigenvalue weighted by Gasteiger charge is -2.34. The third-order valence-electron chi connectivity index (χ3n) is 4.17. The standard InChI is InChI=1S/C17H22N4O3S/c1-12-9-15(25-11-12)16(22)18-3-4-20-5-7-21(8-6-20)17(23)14-10-13(2)24-19-14/h9-11H,3-8H2,1-2H3,(H,18,22). The summed E-state index contributed by atoms with van der Waals surface area (Å²) in [6.07, 6.45) is 0. The van der Waals surface area contributed by atoms with Gasteiger partial charge in [-0.05, 0) is 30.9 Å². The van der Waals surface area contributed by atoms with Gasteiger partial charge in [-0.1, -0.05) is 5.16 Å². The molecule has 3 rings (SSSR count). The zero-order valence-electron chi connectivity index (χ0n) is 14.4. The summed E-state index contributed by atoms with van der Waals surface area (Å²) in [5, 5.41) is 8.71. The third kappa shape index (κ3) is 4.46. The van der Waals surface area contributed by atoms with Gasteiger partial charge in [0.15, 0.2) is 5.69 Å². The molecule has 25 heavy (non-hydrogen) atoms. The van der Waals surface area contributed by atoms with Gasteiger partial charge >= 0.3 is 0 Å². The van der Waals surface area contributed by atoms with Crippen molar-refractivity contribution >= 4 is 23.2 Å². The van der Waals surface area contributed by atoms with Gasteiger partial charge in [0.25, 0.3) is 11.8 Å². The van der Waals surface area contributed by atoms with E-state index >= 15 is 0 Å². The monoisotopic (exact) mass is 362 g/mol. The number of amides is 2. The Morgan fingerprint density at radius 2 is 2.00 bits per heavy atom. The van der Waals surface area contributed by atoms with Crippen LogP contribution in [0.5, 0.6) is 0 Å². The summed E-state index contributed by atoms with van der Waals surface area (Å²) < 4.78 is 4.96. The fraction of sp³-hybridized carbons (Fsp3) is 0.471. The molecule has 7 nitrogen and oxygen atoms in total.